The first-order valence-corrected chi connectivity index (χ1v) is 15.1. The maximum atomic E-state index is 12.6. The third-order valence-electron chi connectivity index (χ3n) is 8.58. The van der Waals surface area contributed by atoms with E-state index in [2.05, 4.69) is 83.4 Å². The average Bonchev–Trinajstić information content (AvgIpc) is 3.57. The lowest BCUT2D eigenvalue weighted by atomic mass is 9.76. The highest BCUT2D eigenvalue weighted by Crippen LogP contribution is 2.43. The zero-order chi connectivity index (χ0) is 30.6. The summed E-state index contributed by atoms with van der Waals surface area (Å²) in [7, 11) is 1.66. The summed E-state index contributed by atoms with van der Waals surface area (Å²) < 4.78 is 13.1. The van der Waals surface area contributed by atoms with E-state index in [1.165, 1.54) is 0 Å². The maximum Gasteiger partial charge on any atom is 0.135 e. The molecule has 1 N–H and O–H groups in total. The van der Waals surface area contributed by atoms with E-state index in [0.29, 0.717) is 18.9 Å². The zero-order valence-corrected chi connectivity index (χ0v) is 25.4. The van der Waals surface area contributed by atoms with Gasteiger partial charge in [0.05, 0.1) is 18.6 Å². The number of imidazole rings is 1. The summed E-state index contributed by atoms with van der Waals surface area (Å²) in [6.07, 6.45) is 3.88. The molecule has 44 heavy (non-hydrogen) atoms. The van der Waals surface area contributed by atoms with Crippen molar-refractivity contribution in [2.45, 2.75) is 25.0 Å². The van der Waals surface area contributed by atoms with Crippen LogP contribution in [0.1, 0.15) is 41.8 Å². The van der Waals surface area contributed by atoms with Gasteiger partial charge in [-0.3, -0.25) is 0 Å². The van der Waals surface area contributed by atoms with Crippen molar-refractivity contribution in [2.75, 3.05) is 20.3 Å². The van der Waals surface area contributed by atoms with Crippen molar-refractivity contribution in [1.82, 2.24) is 9.55 Å². The summed E-state index contributed by atoms with van der Waals surface area (Å²) in [5.74, 6) is 0.638. The molecule has 1 aromatic heterocycles. The monoisotopic (exact) mass is 582 g/mol. The van der Waals surface area contributed by atoms with Gasteiger partial charge in [0.2, 0.25) is 0 Å². The molecular formula is C39H38N2O3. The van der Waals surface area contributed by atoms with Gasteiger partial charge in [-0.1, -0.05) is 123 Å². The quantitative estimate of drug-likeness (QED) is 0.125. The Morgan fingerprint density at radius 3 is 1.77 bits per heavy atom. The number of benzene rings is 5. The van der Waals surface area contributed by atoms with Crippen molar-refractivity contribution in [1.29, 1.82) is 0 Å². The van der Waals surface area contributed by atoms with Gasteiger partial charge < -0.3 is 19.1 Å². The van der Waals surface area contributed by atoms with Gasteiger partial charge in [-0.15, -0.1) is 0 Å². The third-order valence-corrected chi connectivity index (χ3v) is 8.58. The highest BCUT2D eigenvalue weighted by molar-refractivity contribution is 5.85. The number of aliphatic hydroxyl groups is 1. The van der Waals surface area contributed by atoms with Crippen molar-refractivity contribution in [3.8, 4) is 5.75 Å². The molecule has 0 amide bonds. The zero-order valence-electron chi connectivity index (χ0n) is 25.4. The molecular weight excluding hydrogens is 544 g/mol. The van der Waals surface area contributed by atoms with Gasteiger partial charge >= 0.3 is 0 Å². The fourth-order valence-corrected chi connectivity index (χ4v) is 6.26. The Balaban J connectivity index is 1.49. The number of nitrogens with zero attached hydrogens (tertiary/aromatic N) is 2. The Labute approximate surface area is 259 Å². The first-order chi connectivity index (χ1) is 21.5. The van der Waals surface area contributed by atoms with Crippen molar-refractivity contribution >= 4 is 10.8 Å². The van der Waals surface area contributed by atoms with Crippen molar-refractivity contribution in [2.24, 2.45) is 5.92 Å². The van der Waals surface area contributed by atoms with Crippen LogP contribution in [0, 0.1) is 5.92 Å². The van der Waals surface area contributed by atoms with Crippen LogP contribution in [0.4, 0.5) is 0 Å². The lowest BCUT2D eigenvalue weighted by Gasteiger charge is -2.37. The van der Waals surface area contributed by atoms with Crippen LogP contribution in [0.2, 0.25) is 0 Å². The molecule has 6 aromatic rings. The molecule has 5 heteroatoms. The fourth-order valence-electron chi connectivity index (χ4n) is 6.26. The summed E-state index contributed by atoms with van der Waals surface area (Å²) in [4.78, 5) is 4.95. The number of fused-ring (bicyclic) bond motifs is 1. The van der Waals surface area contributed by atoms with E-state index in [1.54, 1.807) is 7.11 Å². The molecule has 0 radical (unpaired) electrons. The molecule has 0 bridgehead atoms. The first kappa shape index (κ1) is 29.4. The van der Waals surface area contributed by atoms with Crippen LogP contribution in [-0.2, 0) is 15.9 Å². The van der Waals surface area contributed by atoms with Gasteiger partial charge in [0.25, 0.3) is 0 Å². The SMILES string of the molecule is COCCOc1ccc2cc(C(O)(c3cn(C(c4ccccc4)(c4ccccc4)c4ccccc4)cn3)C(C)C)ccc2c1. The molecule has 0 aliphatic carbocycles. The van der Waals surface area contributed by atoms with Gasteiger partial charge in [0.1, 0.15) is 23.5 Å². The molecule has 0 spiro atoms. The topological polar surface area (TPSA) is 56.5 Å². The molecule has 1 atom stereocenters. The largest absolute Gasteiger partial charge is 0.491 e. The van der Waals surface area contributed by atoms with E-state index in [9.17, 15) is 5.11 Å². The molecule has 0 fully saturated rings. The Morgan fingerprint density at radius 1 is 0.682 bits per heavy atom. The Hall–Kier alpha value is -4.71. The fraction of sp³-hybridized carbons (Fsp3) is 0.205. The normalized spacial score (nSPS) is 13.2. The standard InChI is InChI=1S/C39H38N2O3/c1-29(2)39(42,35-21-19-31-26-36(44-24-23-43-3)22-20-30(31)25-35)37-27-41(28-40-37)38(32-13-7-4-8-14-32,33-15-9-5-10-16-33)34-17-11-6-12-18-34/h4-22,25-29,42H,23-24H2,1-3H3. The van der Waals surface area contributed by atoms with Crippen LogP contribution in [0.15, 0.2) is 140 Å². The third kappa shape index (κ3) is 5.19. The van der Waals surface area contributed by atoms with E-state index in [-0.39, 0.29) is 5.92 Å². The van der Waals surface area contributed by atoms with Gasteiger partial charge in [0, 0.05) is 13.3 Å². The molecule has 1 unspecified atom stereocenters. The van der Waals surface area contributed by atoms with Gasteiger partial charge in [-0.05, 0) is 57.1 Å². The van der Waals surface area contributed by atoms with Crippen molar-refractivity contribution < 1.29 is 14.6 Å². The van der Waals surface area contributed by atoms with E-state index < -0.39 is 11.1 Å². The van der Waals surface area contributed by atoms with E-state index in [4.69, 9.17) is 14.5 Å². The molecule has 1 heterocycles. The first-order valence-electron chi connectivity index (χ1n) is 15.1. The van der Waals surface area contributed by atoms with Crippen LogP contribution >= 0.6 is 0 Å². The van der Waals surface area contributed by atoms with Crippen LogP contribution in [0.3, 0.4) is 0 Å². The highest BCUT2D eigenvalue weighted by Gasteiger charge is 2.42. The van der Waals surface area contributed by atoms with Gasteiger partial charge in [0.15, 0.2) is 0 Å². The summed E-state index contributed by atoms with van der Waals surface area (Å²) in [5.41, 5.74) is 2.65. The molecule has 0 aliphatic rings. The van der Waals surface area contributed by atoms with E-state index in [1.807, 2.05) is 74.9 Å². The highest BCUT2D eigenvalue weighted by atomic mass is 16.5. The van der Waals surface area contributed by atoms with E-state index >= 15 is 0 Å². The van der Waals surface area contributed by atoms with Gasteiger partial charge in [-0.2, -0.15) is 0 Å². The smallest absolute Gasteiger partial charge is 0.135 e. The second-order valence-electron chi connectivity index (χ2n) is 11.5. The molecule has 222 valence electrons. The number of rotatable bonds is 11. The van der Waals surface area contributed by atoms with E-state index in [0.717, 1.165) is 38.8 Å². The summed E-state index contributed by atoms with van der Waals surface area (Å²) in [6, 6.07) is 43.6. The Kier molecular flexibility index (Phi) is 8.34. The van der Waals surface area contributed by atoms with Crippen LogP contribution in [0.25, 0.3) is 10.8 Å². The Bertz CT molecular complexity index is 1720. The molecule has 5 aromatic carbocycles. The summed E-state index contributed by atoms with van der Waals surface area (Å²) >= 11 is 0. The number of hydrogen-bond acceptors (Lipinski definition) is 4. The minimum Gasteiger partial charge on any atom is -0.491 e. The molecule has 6 rings (SSSR count). The second-order valence-corrected chi connectivity index (χ2v) is 11.5. The average molecular weight is 583 g/mol. The lowest BCUT2D eigenvalue weighted by Crippen LogP contribution is -2.37. The minimum absolute atomic E-state index is 0.153. The van der Waals surface area contributed by atoms with Gasteiger partial charge in [-0.25, -0.2) is 4.98 Å². The molecule has 0 saturated carbocycles. The second kappa shape index (κ2) is 12.5. The lowest BCUT2D eigenvalue weighted by molar-refractivity contribution is 0.0279. The number of aromatic nitrogens is 2. The van der Waals surface area contributed by atoms with Crippen molar-refractivity contribution in [3.63, 3.8) is 0 Å². The predicted octanol–water partition coefficient (Wildman–Crippen LogP) is 7.79. The summed E-state index contributed by atoms with van der Waals surface area (Å²) in [6.45, 7) is 5.10. The Morgan fingerprint density at radius 2 is 1.23 bits per heavy atom. The number of methoxy groups -OCH3 is 1. The minimum atomic E-state index is -1.33. The molecule has 0 saturated heterocycles. The van der Waals surface area contributed by atoms with Crippen molar-refractivity contribution in [3.05, 3.63) is 168 Å². The van der Waals surface area contributed by atoms with Crippen LogP contribution in [-0.4, -0.2) is 35.0 Å². The molecule has 0 aliphatic heterocycles. The number of hydrogen-bond donors (Lipinski definition) is 1. The predicted molar refractivity (Wildman–Crippen MR) is 176 cm³/mol. The molecule has 5 nitrogen and oxygen atoms in total. The maximum absolute atomic E-state index is 12.6. The number of ether oxygens (including phenoxy) is 2. The van der Waals surface area contributed by atoms with Crippen LogP contribution < -0.4 is 4.74 Å². The summed E-state index contributed by atoms with van der Waals surface area (Å²) in [5, 5.41) is 14.6. The van der Waals surface area contributed by atoms with Crippen LogP contribution in [0.5, 0.6) is 5.75 Å².